The lowest BCUT2D eigenvalue weighted by Gasteiger charge is -2.38. The van der Waals surface area contributed by atoms with Crippen LogP contribution in [0.2, 0.25) is 0 Å². The molecule has 0 radical (unpaired) electrons. The first-order valence-corrected chi connectivity index (χ1v) is 12.7. The van der Waals surface area contributed by atoms with Gasteiger partial charge in [-0.15, -0.1) is 0 Å². The zero-order chi connectivity index (χ0) is 24.8. The van der Waals surface area contributed by atoms with E-state index in [0.29, 0.717) is 31.5 Å². The highest BCUT2D eigenvalue weighted by Gasteiger charge is 2.30. The molecule has 0 unspecified atom stereocenters. The second-order valence-corrected chi connectivity index (χ2v) is 9.27. The number of amides is 1. The number of hydrogen-bond donors (Lipinski definition) is 2. The van der Waals surface area contributed by atoms with E-state index in [1.165, 1.54) is 0 Å². The van der Waals surface area contributed by atoms with Crippen LogP contribution >= 0.6 is 0 Å². The van der Waals surface area contributed by atoms with Gasteiger partial charge in [0, 0.05) is 44.4 Å². The van der Waals surface area contributed by atoms with Gasteiger partial charge in [-0.2, -0.15) is 0 Å². The lowest BCUT2D eigenvalue weighted by molar-refractivity contribution is -0.134. The molecule has 0 aliphatic heterocycles. The van der Waals surface area contributed by atoms with Gasteiger partial charge in [-0.25, -0.2) is 0 Å². The predicted molar refractivity (Wildman–Crippen MR) is 141 cm³/mol. The molecule has 0 spiro atoms. The van der Waals surface area contributed by atoms with Gasteiger partial charge < -0.3 is 25.6 Å². The molecule has 2 rings (SSSR count). The van der Waals surface area contributed by atoms with E-state index >= 15 is 0 Å². The van der Waals surface area contributed by atoms with Crippen LogP contribution in [0.25, 0.3) is 0 Å². The monoisotopic (exact) mass is 471 g/mol. The highest BCUT2D eigenvalue weighted by atomic mass is 16.5. The first kappa shape index (κ1) is 27.9. The lowest BCUT2D eigenvalue weighted by atomic mass is 9.81. The SMILES string of the molecule is CCC(=O)N(CCOc1ccccc1)C1CCC([C@H](C)N=CC(=CN)CN(C)CCNC)CC1. The lowest BCUT2D eigenvalue weighted by Crippen LogP contribution is -2.44. The zero-order valence-electron chi connectivity index (χ0n) is 21.6. The minimum Gasteiger partial charge on any atom is -0.492 e. The van der Waals surface area contributed by atoms with Crippen LogP contribution in [0.5, 0.6) is 5.75 Å². The average molecular weight is 472 g/mol. The molecule has 0 aromatic heterocycles. The van der Waals surface area contributed by atoms with E-state index in [9.17, 15) is 4.79 Å². The van der Waals surface area contributed by atoms with Crippen molar-refractivity contribution >= 4 is 12.1 Å². The molecule has 7 heteroatoms. The topological polar surface area (TPSA) is 83.2 Å². The molecular weight excluding hydrogens is 426 g/mol. The Kier molecular flexibility index (Phi) is 12.7. The Morgan fingerprint density at radius 3 is 2.56 bits per heavy atom. The molecule has 190 valence electrons. The maximum Gasteiger partial charge on any atom is 0.222 e. The van der Waals surface area contributed by atoms with Crippen LogP contribution < -0.4 is 15.8 Å². The Morgan fingerprint density at radius 2 is 1.94 bits per heavy atom. The van der Waals surface area contributed by atoms with Crippen molar-refractivity contribution in [2.75, 3.05) is 46.9 Å². The Balaban J connectivity index is 1.83. The number of hydrogen-bond acceptors (Lipinski definition) is 6. The van der Waals surface area contributed by atoms with Crippen molar-refractivity contribution in [2.45, 2.75) is 58.0 Å². The van der Waals surface area contributed by atoms with Crippen LogP contribution in [0.3, 0.4) is 0 Å². The summed E-state index contributed by atoms with van der Waals surface area (Å²) in [5, 5.41) is 3.17. The molecular formula is C27H45N5O2. The van der Waals surface area contributed by atoms with Crippen molar-refractivity contribution in [1.82, 2.24) is 15.1 Å². The maximum absolute atomic E-state index is 12.7. The van der Waals surface area contributed by atoms with Crippen LogP contribution in [-0.2, 0) is 4.79 Å². The third kappa shape index (κ3) is 9.47. The minimum absolute atomic E-state index is 0.214. The van der Waals surface area contributed by atoms with Gasteiger partial charge in [-0.05, 0) is 76.5 Å². The van der Waals surface area contributed by atoms with Gasteiger partial charge in [0.25, 0.3) is 0 Å². The second kappa shape index (κ2) is 15.5. The van der Waals surface area contributed by atoms with Crippen LogP contribution in [0.1, 0.15) is 46.0 Å². The largest absolute Gasteiger partial charge is 0.492 e. The number of likely N-dealkylation sites (N-methyl/N-ethyl adjacent to an activating group) is 2. The van der Waals surface area contributed by atoms with Crippen molar-refractivity contribution in [2.24, 2.45) is 16.6 Å². The zero-order valence-corrected chi connectivity index (χ0v) is 21.6. The van der Waals surface area contributed by atoms with Crippen LogP contribution in [0.4, 0.5) is 0 Å². The number of benzene rings is 1. The third-order valence-corrected chi connectivity index (χ3v) is 6.72. The quantitative estimate of drug-likeness (QED) is 0.407. The van der Waals surface area contributed by atoms with Gasteiger partial charge in [0.1, 0.15) is 12.4 Å². The average Bonchev–Trinajstić information content (AvgIpc) is 2.88. The fourth-order valence-electron chi connectivity index (χ4n) is 4.55. The van der Waals surface area contributed by atoms with Crippen LogP contribution in [0.15, 0.2) is 47.1 Å². The van der Waals surface area contributed by atoms with Gasteiger partial charge in [0.15, 0.2) is 0 Å². The van der Waals surface area contributed by atoms with E-state index in [1.807, 2.05) is 55.4 Å². The van der Waals surface area contributed by atoms with Crippen molar-refractivity contribution < 1.29 is 9.53 Å². The van der Waals surface area contributed by atoms with E-state index in [4.69, 9.17) is 15.5 Å². The van der Waals surface area contributed by atoms with Gasteiger partial charge in [-0.3, -0.25) is 9.79 Å². The molecule has 1 saturated carbocycles. The fraction of sp³-hybridized carbons (Fsp3) is 0.630. The molecule has 7 nitrogen and oxygen atoms in total. The maximum atomic E-state index is 12.7. The summed E-state index contributed by atoms with van der Waals surface area (Å²) in [5.74, 6) is 1.60. The molecule has 1 aromatic rings. The van der Waals surface area contributed by atoms with Gasteiger partial charge >= 0.3 is 0 Å². The van der Waals surface area contributed by atoms with Gasteiger partial charge in [0.05, 0.1) is 6.54 Å². The van der Waals surface area contributed by atoms with Crippen LogP contribution in [-0.4, -0.2) is 80.9 Å². The second-order valence-electron chi connectivity index (χ2n) is 9.27. The summed E-state index contributed by atoms with van der Waals surface area (Å²) >= 11 is 0. The fourth-order valence-corrected chi connectivity index (χ4v) is 4.55. The summed E-state index contributed by atoms with van der Waals surface area (Å²) in [6, 6.07) is 10.3. The van der Waals surface area contributed by atoms with E-state index < -0.39 is 0 Å². The number of nitrogens with one attached hydrogen (secondary N) is 1. The predicted octanol–water partition coefficient (Wildman–Crippen LogP) is 3.32. The standard InChI is InChI=1S/C27H45N5O2/c1-5-27(33)32(17-18-34-26-9-7-6-8-10-26)25-13-11-24(12-14-25)22(2)30-20-23(19-28)21-31(4)16-15-29-3/h6-10,19-20,22,24-25,29H,5,11-18,21,28H2,1-4H3/t22-,24?,25?/m0/s1. The molecule has 1 amide bonds. The number of rotatable bonds is 14. The van der Waals surface area contributed by atoms with Crippen molar-refractivity contribution in [1.29, 1.82) is 0 Å². The summed E-state index contributed by atoms with van der Waals surface area (Å²) in [6.45, 7) is 7.99. The van der Waals surface area contributed by atoms with E-state index in [-0.39, 0.29) is 11.9 Å². The Morgan fingerprint density at radius 1 is 1.24 bits per heavy atom. The molecule has 0 saturated heterocycles. The molecule has 3 N–H and O–H groups in total. The molecule has 0 heterocycles. The molecule has 34 heavy (non-hydrogen) atoms. The summed E-state index contributed by atoms with van der Waals surface area (Å²) in [4.78, 5) is 21.8. The normalized spacial score (nSPS) is 20.0. The number of ether oxygens (including phenoxy) is 1. The molecule has 1 fully saturated rings. The van der Waals surface area contributed by atoms with Crippen LogP contribution in [0, 0.1) is 5.92 Å². The van der Waals surface area contributed by atoms with Gasteiger partial charge in [0.2, 0.25) is 5.91 Å². The van der Waals surface area contributed by atoms with E-state index in [2.05, 4.69) is 24.2 Å². The molecule has 1 aliphatic carbocycles. The highest BCUT2D eigenvalue weighted by Crippen LogP contribution is 2.31. The summed E-state index contributed by atoms with van der Waals surface area (Å²) < 4.78 is 5.86. The van der Waals surface area contributed by atoms with Gasteiger partial charge in [-0.1, -0.05) is 25.1 Å². The van der Waals surface area contributed by atoms with Crippen molar-refractivity contribution in [3.05, 3.63) is 42.1 Å². The number of nitrogens with two attached hydrogens (primary N) is 1. The number of para-hydroxylation sites is 1. The number of nitrogens with zero attached hydrogens (tertiary/aromatic N) is 3. The Bertz CT molecular complexity index is 760. The number of carbonyl (C=O) groups is 1. The summed E-state index contributed by atoms with van der Waals surface area (Å²) in [7, 11) is 4.05. The van der Waals surface area contributed by atoms with E-state index in [0.717, 1.165) is 56.6 Å². The Labute approximate surface area is 206 Å². The number of carbonyl (C=O) groups excluding carboxylic acids is 1. The smallest absolute Gasteiger partial charge is 0.222 e. The Hall–Kier alpha value is -2.38. The molecule has 1 aliphatic rings. The molecule has 0 bridgehead atoms. The minimum atomic E-state index is 0.214. The van der Waals surface area contributed by atoms with Crippen molar-refractivity contribution in [3.63, 3.8) is 0 Å². The highest BCUT2D eigenvalue weighted by molar-refractivity contribution is 5.79. The first-order valence-electron chi connectivity index (χ1n) is 12.7. The first-order chi connectivity index (χ1) is 16.5. The summed E-state index contributed by atoms with van der Waals surface area (Å²) in [6.07, 6.45) is 8.35. The summed E-state index contributed by atoms with van der Waals surface area (Å²) in [5.41, 5.74) is 6.88. The van der Waals surface area contributed by atoms with E-state index in [1.54, 1.807) is 6.20 Å². The molecule has 1 atom stereocenters. The molecule has 1 aromatic carbocycles. The third-order valence-electron chi connectivity index (χ3n) is 6.72. The van der Waals surface area contributed by atoms with Crippen molar-refractivity contribution in [3.8, 4) is 5.75 Å². The number of aliphatic imine (C=N–C) groups is 1.